The molecule has 0 unspecified atom stereocenters. The molecule has 0 saturated carbocycles. The van der Waals surface area contributed by atoms with Gasteiger partial charge in [-0.15, -0.1) is 0 Å². The van der Waals surface area contributed by atoms with Crippen LogP contribution in [0.4, 0.5) is 0 Å². The number of halogens is 1. The predicted octanol–water partition coefficient (Wildman–Crippen LogP) is 0.940. The normalized spacial score (nSPS) is 10.8. The molecule has 0 aromatic carbocycles. The second kappa shape index (κ2) is 3.76. The molecule has 0 heterocycles. The Morgan fingerprint density at radius 1 is 1.42 bits per heavy atom. The lowest BCUT2D eigenvalue weighted by Crippen LogP contribution is -2.47. The van der Waals surface area contributed by atoms with Crippen LogP contribution < -0.4 is 0 Å². The molecule has 0 aliphatic heterocycles. The van der Waals surface area contributed by atoms with Gasteiger partial charge in [-0.05, 0) is 13.8 Å². The molecule has 0 radical (unpaired) electrons. The molecular weight excluding hydrogens is 182 g/mol. The highest BCUT2D eigenvalue weighted by Gasteiger charge is 2.36. The van der Waals surface area contributed by atoms with Gasteiger partial charge in [0.15, 0.2) is 5.54 Å². The van der Waals surface area contributed by atoms with Crippen LogP contribution >= 0.6 is 11.8 Å². The van der Waals surface area contributed by atoms with E-state index in [1.807, 2.05) is 0 Å². The van der Waals surface area contributed by atoms with Crippen molar-refractivity contribution in [3.8, 4) is 0 Å². The fourth-order valence-electron chi connectivity index (χ4n) is 0.724. The second-order valence-corrected chi connectivity index (χ2v) is 3.19. The molecule has 0 aromatic rings. The monoisotopic (exact) mass is 193 g/mol. The molecule has 1 amide bonds. The van der Waals surface area contributed by atoms with Gasteiger partial charge in [0.1, 0.15) is 0 Å². The van der Waals surface area contributed by atoms with Crippen LogP contribution in [0.3, 0.4) is 0 Å². The summed E-state index contributed by atoms with van der Waals surface area (Å²) in [7, 11) is 1.24. The highest BCUT2D eigenvalue weighted by atomic mass is 35.5. The van der Waals surface area contributed by atoms with Crippen molar-refractivity contribution in [2.45, 2.75) is 26.3 Å². The van der Waals surface area contributed by atoms with Gasteiger partial charge in [-0.2, -0.15) is 0 Å². The van der Waals surface area contributed by atoms with Crippen LogP contribution in [0.15, 0.2) is 0 Å². The molecule has 70 valence electrons. The van der Waals surface area contributed by atoms with E-state index in [1.165, 1.54) is 27.9 Å². The van der Waals surface area contributed by atoms with E-state index >= 15 is 0 Å². The number of carbonyl (C=O) groups is 2. The van der Waals surface area contributed by atoms with Gasteiger partial charge in [-0.3, -0.25) is 4.79 Å². The van der Waals surface area contributed by atoms with Gasteiger partial charge in [0.2, 0.25) is 5.91 Å². The molecule has 4 nitrogen and oxygen atoms in total. The third kappa shape index (κ3) is 2.11. The molecule has 0 rings (SSSR count). The number of esters is 1. The van der Waals surface area contributed by atoms with E-state index in [4.69, 9.17) is 11.8 Å². The van der Waals surface area contributed by atoms with E-state index in [0.29, 0.717) is 0 Å². The van der Waals surface area contributed by atoms with Gasteiger partial charge in [-0.1, -0.05) is 0 Å². The Kier molecular flexibility index (Phi) is 3.52. The zero-order chi connectivity index (χ0) is 9.94. The summed E-state index contributed by atoms with van der Waals surface area (Å²) in [6.07, 6.45) is 0. The Morgan fingerprint density at radius 3 is 2.08 bits per heavy atom. The minimum Gasteiger partial charge on any atom is -0.467 e. The van der Waals surface area contributed by atoms with E-state index in [0.717, 1.165) is 4.42 Å². The number of ether oxygens (including phenoxy) is 1. The molecule has 0 aromatic heterocycles. The molecule has 0 aliphatic carbocycles. The Morgan fingerprint density at radius 2 is 1.83 bits per heavy atom. The number of hydrogen-bond donors (Lipinski definition) is 0. The summed E-state index contributed by atoms with van der Waals surface area (Å²) in [5.41, 5.74) is -1.12. The first-order valence-electron chi connectivity index (χ1n) is 3.39. The van der Waals surface area contributed by atoms with Crippen molar-refractivity contribution >= 4 is 23.7 Å². The van der Waals surface area contributed by atoms with E-state index in [1.54, 1.807) is 0 Å². The van der Waals surface area contributed by atoms with Crippen molar-refractivity contribution in [1.29, 1.82) is 0 Å². The number of carbonyl (C=O) groups excluding carboxylic acids is 2. The lowest BCUT2D eigenvalue weighted by molar-refractivity contribution is -0.154. The summed E-state index contributed by atoms with van der Waals surface area (Å²) < 4.78 is 5.29. The Bertz CT molecular complexity index is 203. The fourth-order valence-corrected chi connectivity index (χ4v) is 0.793. The van der Waals surface area contributed by atoms with Gasteiger partial charge >= 0.3 is 5.97 Å². The molecule has 0 bridgehead atoms. The van der Waals surface area contributed by atoms with Crippen LogP contribution in [0.1, 0.15) is 20.8 Å². The first-order chi connectivity index (χ1) is 5.34. The minimum atomic E-state index is -1.12. The fraction of sp³-hybridized carbons (Fsp3) is 0.714. The molecule has 0 saturated heterocycles. The van der Waals surface area contributed by atoms with Crippen molar-refractivity contribution < 1.29 is 14.3 Å². The number of amides is 1. The average molecular weight is 194 g/mol. The second-order valence-electron chi connectivity index (χ2n) is 2.85. The maximum Gasteiger partial charge on any atom is 0.332 e. The summed E-state index contributed by atoms with van der Waals surface area (Å²) >= 11 is 5.56. The summed E-state index contributed by atoms with van der Waals surface area (Å²) in [6.45, 7) is 4.29. The maximum absolute atomic E-state index is 11.1. The highest BCUT2D eigenvalue weighted by Crippen LogP contribution is 2.18. The van der Waals surface area contributed by atoms with Crippen molar-refractivity contribution in [1.82, 2.24) is 4.42 Å². The summed E-state index contributed by atoms with van der Waals surface area (Å²) in [5.74, 6) is -0.945. The smallest absolute Gasteiger partial charge is 0.332 e. The van der Waals surface area contributed by atoms with Crippen LogP contribution in [0.2, 0.25) is 0 Å². The quantitative estimate of drug-likeness (QED) is 0.485. The molecule has 0 N–H and O–H groups in total. The van der Waals surface area contributed by atoms with Crippen LogP contribution in [-0.4, -0.2) is 28.9 Å². The Hall–Kier alpha value is -0.770. The first kappa shape index (κ1) is 11.2. The molecule has 12 heavy (non-hydrogen) atoms. The van der Waals surface area contributed by atoms with Crippen molar-refractivity contribution in [3.63, 3.8) is 0 Å². The number of rotatable bonds is 2. The van der Waals surface area contributed by atoms with E-state index < -0.39 is 17.4 Å². The molecule has 5 heteroatoms. The largest absolute Gasteiger partial charge is 0.467 e. The first-order valence-corrected chi connectivity index (χ1v) is 3.72. The molecule has 0 aliphatic rings. The van der Waals surface area contributed by atoms with Gasteiger partial charge in [0.05, 0.1) is 7.11 Å². The van der Waals surface area contributed by atoms with Crippen LogP contribution in [0, 0.1) is 0 Å². The van der Waals surface area contributed by atoms with Gasteiger partial charge in [0.25, 0.3) is 0 Å². The number of nitrogens with zero attached hydrogens (tertiary/aromatic N) is 1. The summed E-state index contributed by atoms with van der Waals surface area (Å²) in [4.78, 5) is 21.9. The highest BCUT2D eigenvalue weighted by molar-refractivity contribution is 6.23. The number of hydrogen-bond acceptors (Lipinski definition) is 3. The average Bonchev–Trinajstić information content (AvgIpc) is 2.01. The Balaban J connectivity index is 4.60. The van der Waals surface area contributed by atoms with Crippen molar-refractivity contribution in [2.75, 3.05) is 7.11 Å². The Labute approximate surface area is 76.5 Å². The summed E-state index contributed by atoms with van der Waals surface area (Å²) in [5, 5.41) is 0. The van der Waals surface area contributed by atoms with Crippen molar-refractivity contribution in [3.05, 3.63) is 0 Å². The van der Waals surface area contributed by atoms with E-state index in [9.17, 15) is 9.59 Å². The lowest BCUT2D eigenvalue weighted by Gasteiger charge is -2.28. The summed E-state index contributed by atoms with van der Waals surface area (Å²) in [6, 6.07) is 0. The zero-order valence-corrected chi connectivity index (χ0v) is 8.31. The zero-order valence-electron chi connectivity index (χ0n) is 7.55. The van der Waals surface area contributed by atoms with Crippen LogP contribution in [0.5, 0.6) is 0 Å². The molecular formula is C7H12ClNO3. The van der Waals surface area contributed by atoms with E-state index in [2.05, 4.69) is 4.74 Å². The topological polar surface area (TPSA) is 46.6 Å². The third-order valence-electron chi connectivity index (χ3n) is 1.45. The molecule has 0 atom stereocenters. The third-order valence-corrected chi connectivity index (χ3v) is 2.11. The van der Waals surface area contributed by atoms with E-state index in [-0.39, 0.29) is 0 Å². The van der Waals surface area contributed by atoms with Gasteiger partial charge < -0.3 is 4.74 Å². The lowest BCUT2D eigenvalue weighted by atomic mass is 10.1. The van der Waals surface area contributed by atoms with Crippen LogP contribution in [-0.2, 0) is 14.3 Å². The van der Waals surface area contributed by atoms with Gasteiger partial charge in [0, 0.05) is 18.7 Å². The van der Waals surface area contributed by atoms with Gasteiger partial charge in [-0.25, -0.2) is 9.21 Å². The SMILES string of the molecule is COC(=O)C(C)(C)N(Cl)C(C)=O. The number of methoxy groups -OCH3 is 1. The van der Waals surface area contributed by atoms with Crippen molar-refractivity contribution in [2.24, 2.45) is 0 Å². The predicted molar refractivity (Wildman–Crippen MR) is 44.5 cm³/mol. The minimum absolute atomic E-state index is 0.396. The molecule has 0 spiro atoms. The van der Waals surface area contributed by atoms with Crippen LogP contribution in [0.25, 0.3) is 0 Å². The standard InChI is InChI=1S/C7H12ClNO3/c1-5(10)9(8)7(2,3)6(11)12-4/h1-4H3. The maximum atomic E-state index is 11.1. The molecule has 0 fully saturated rings.